The number of nitrogens with zero attached hydrogens (tertiary/aromatic N) is 3. The number of aromatic amines is 1. The van der Waals surface area contributed by atoms with Gasteiger partial charge in [-0.15, -0.1) is 0 Å². The lowest BCUT2D eigenvalue weighted by Gasteiger charge is -2.32. The van der Waals surface area contributed by atoms with Crippen LogP contribution in [-0.2, 0) is 17.8 Å². The molecule has 0 aliphatic carbocycles. The summed E-state index contributed by atoms with van der Waals surface area (Å²) in [5.74, 6) is 0.162. The van der Waals surface area contributed by atoms with Gasteiger partial charge in [0.2, 0.25) is 5.91 Å². The molecule has 0 spiro atoms. The maximum absolute atomic E-state index is 13.2. The Kier molecular flexibility index (Phi) is 6.88. The maximum Gasteiger partial charge on any atom is 0.226 e. The minimum Gasteiger partial charge on any atom is -0.346 e. The first-order valence-corrected chi connectivity index (χ1v) is 12.9. The molecular weight excluding hydrogens is 446 g/mol. The second-order valence-electron chi connectivity index (χ2n) is 10.2. The summed E-state index contributed by atoms with van der Waals surface area (Å²) in [6.45, 7) is 12.2. The van der Waals surface area contributed by atoms with Gasteiger partial charge in [0.15, 0.2) is 0 Å². The number of rotatable bonds is 6. The van der Waals surface area contributed by atoms with Crippen molar-refractivity contribution in [1.82, 2.24) is 20.2 Å². The van der Waals surface area contributed by atoms with E-state index in [1.54, 1.807) is 6.21 Å². The van der Waals surface area contributed by atoms with Crippen molar-refractivity contribution in [3.05, 3.63) is 76.8 Å². The van der Waals surface area contributed by atoms with Crippen molar-refractivity contribution in [2.45, 2.75) is 59.0 Å². The van der Waals surface area contributed by atoms with Crippen LogP contribution in [0.1, 0.15) is 61.4 Å². The highest BCUT2D eigenvalue weighted by molar-refractivity contribution is 5.85. The van der Waals surface area contributed by atoms with Gasteiger partial charge in [0, 0.05) is 60.8 Å². The van der Waals surface area contributed by atoms with Crippen LogP contribution in [0, 0.1) is 6.92 Å². The molecule has 2 N–H and O–H groups in total. The van der Waals surface area contributed by atoms with Crippen molar-refractivity contribution >= 4 is 23.2 Å². The summed E-state index contributed by atoms with van der Waals surface area (Å²) in [6.07, 6.45) is 11.2. The molecule has 2 aliphatic rings. The first-order valence-electron chi connectivity index (χ1n) is 12.9. The fourth-order valence-corrected chi connectivity index (χ4v) is 5.37. The predicted octanol–water partition coefficient (Wildman–Crippen LogP) is 5.79. The van der Waals surface area contributed by atoms with Crippen LogP contribution in [0.3, 0.4) is 0 Å². The number of H-pyrrole nitrogens is 1. The number of carbonyl (C=O) groups excluding carboxylic acids is 1. The zero-order valence-electron chi connectivity index (χ0n) is 21.5. The molecule has 0 radical (unpaired) electrons. The summed E-state index contributed by atoms with van der Waals surface area (Å²) >= 11 is 0. The molecule has 5 rings (SSSR count). The third kappa shape index (κ3) is 5.05. The normalized spacial score (nSPS) is 18.2. The van der Waals surface area contributed by atoms with Crippen LogP contribution in [0.5, 0.6) is 0 Å². The zero-order valence-corrected chi connectivity index (χ0v) is 21.5. The largest absolute Gasteiger partial charge is 0.346 e. The molecular formula is C30H35N5O. The van der Waals surface area contributed by atoms with Gasteiger partial charge in [0.1, 0.15) is 5.65 Å². The predicted molar refractivity (Wildman–Crippen MR) is 147 cm³/mol. The smallest absolute Gasteiger partial charge is 0.226 e. The zero-order chi connectivity index (χ0) is 25.2. The number of pyridine rings is 1. The van der Waals surface area contributed by atoms with Gasteiger partial charge in [0.05, 0.1) is 0 Å². The second-order valence-corrected chi connectivity index (χ2v) is 10.2. The molecule has 0 bridgehead atoms. The topological polar surface area (TPSA) is 73.4 Å². The fourth-order valence-electron chi connectivity index (χ4n) is 5.37. The third-order valence-corrected chi connectivity index (χ3v) is 7.31. The maximum atomic E-state index is 13.2. The van der Waals surface area contributed by atoms with Crippen molar-refractivity contribution in [2.24, 2.45) is 4.99 Å². The third-order valence-electron chi connectivity index (χ3n) is 7.31. The van der Waals surface area contributed by atoms with Gasteiger partial charge < -0.3 is 15.2 Å². The van der Waals surface area contributed by atoms with E-state index in [1.165, 1.54) is 34.2 Å². The molecule has 2 aliphatic heterocycles. The number of hydrogen-bond acceptors (Lipinski definition) is 4. The molecule has 4 heterocycles. The molecule has 186 valence electrons. The van der Waals surface area contributed by atoms with Gasteiger partial charge in [-0.1, -0.05) is 12.2 Å². The van der Waals surface area contributed by atoms with Crippen molar-refractivity contribution in [1.29, 1.82) is 0 Å². The van der Waals surface area contributed by atoms with E-state index in [4.69, 9.17) is 0 Å². The van der Waals surface area contributed by atoms with E-state index < -0.39 is 0 Å². The molecule has 1 unspecified atom stereocenters. The molecule has 0 saturated carbocycles. The highest BCUT2D eigenvalue weighted by Crippen LogP contribution is 2.36. The van der Waals surface area contributed by atoms with Crippen molar-refractivity contribution < 1.29 is 4.79 Å². The van der Waals surface area contributed by atoms with Crippen molar-refractivity contribution in [3.8, 4) is 11.1 Å². The Bertz CT molecular complexity index is 1370. The van der Waals surface area contributed by atoms with E-state index in [9.17, 15) is 4.79 Å². The van der Waals surface area contributed by atoms with Gasteiger partial charge in [-0.2, -0.15) is 0 Å². The van der Waals surface area contributed by atoms with Crippen LogP contribution in [0.15, 0.2) is 59.5 Å². The molecule has 2 aromatic heterocycles. The number of fused-ring (bicyclic) bond motifs is 2. The second kappa shape index (κ2) is 10.2. The first-order chi connectivity index (χ1) is 17.4. The van der Waals surface area contributed by atoms with E-state index in [1.807, 2.05) is 37.2 Å². The minimum atomic E-state index is 0.162. The molecule has 36 heavy (non-hydrogen) atoms. The number of amides is 1. The van der Waals surface area contributed by atoms with E-state index in [2.05, 4.69) is 52.0 Å². The number of allylic oxidation sites excluding steroid dienone is 2. The summed E-state index contributed by atoms with van der Waals surface area (Å²) in [5, 5.41) is 4.85. The monoisotopic (exact) mass is 481 g/mol. The Morgan fingerprint density at radius 3 is 2.92 bits per heavy atom. The quantitative estimate of drug-likeness (QED) is 0.438. The number of benzene rings is 1. The average molecular weight is 482 g/mol. The molecule has 1 fully saturated rings. The molecule has 3 aromatic rings. The Morgan fingerprint density at radius 2 is 2.14 bits per heavy atom. The molecule has 6 nitrogen and oxygen atoms in total. The van der Waals surface area contributed by atoms with Crippen LogP contribution < -0.4 is 5.32 Å². The molecule has 1 amide bonds. The standard InChI is InChI=1S/C30H35N5O/c1-19(2)31-10-7-20(3)12-29(36)35-11-8-25-24(18-35)13-22(14-27(25)28-6-5-9-32-28)23-15-26-21(4)16-33-30(26)34-17-23/h7,10,13-17,28,32H,1,5-6,8-9,11-12,18H2,2-4H3,(H,33,34)/b20-7+,31-10?. The molecule has 1 aromatic carbocycles. The number of aryl methyl sites for hydroxylation is 1. The van der Waals surface area contributed by atoms with E-state index in [0.29, 0.717) is 19.0 Å². The Hall–Kier alpha value is -3.51. The Balaban J connectivity index is 1.45. The highest BCUT2D eigenvalue weighted by atomic mass is 16.2. The fraction of sp³-hybridized carbons (Fsp3) is 0.367. The number of nitrogens with one attached hydrogen (secondary N) is 2. The first kappa shape index (κ1) is 24.2. The van der Waals surface area contributed by atoms with Gasteiger partial charge >= 0.3 is 0 Å². The summed E-state index contributed by atoms with van der Waals surface area (Å²) in [4.78, 5) is 27.3. The van der Waals surface area contributed by atoms with Crippen molar-refractivity contribution in [3.63, 3.8) is 0 Å². The minimum absolute atomic E-state index is 0.162. The van der Waals surface area contributed by atoms with Gasteiger partial charge in [-0.25, -0.2) is 4.98 Å². The number of hydrogen-bond donors (Lipinski definition) is 2. The van der Waals surface area contributed by atoms with Crippen LogP contribution in [0.4, 0.5) is 0 Å². The Morgan fingerprint density at radius 1 is 1.28 bits per heavy atom. The van der Waals surface area contributed by atoms with Crippen LogP contribution in [0.2, 0.25) is 0 Å². The number of aliphatic imine (C=N–C) groups is 1. The Labute approximate surface area is 213 Å². The molecule has 1 saturated heterocycles. The SMILES string of the molecule is C=C(C)N=C/C=C(\C)CC(=O)N1CCc2c(cc(-c3cnc4[nH]cc(C)c4c3)cc2C2CCCN2)C1. The van der Waals surface area contributed by atoms with Gasteiger partial charge in [0.25, 0.3) is 0 Å². The van der Waals surface area contributed by atoms with E-state index in [0.717, 1.165) is 53.8 Å². The van der Waals surface area contributed by atoms with Crippen LogP contribution >= 0.6 is 0 Å². The number of carbonyl (C=O) groups is 1. The van der Waals surface area contributed by atoms with E-state index >= 15 is 0 Å². The van der Waals surface area contributed by atoms with Crippen LogP contribution in [-0.4, -0.2) is 40.1 Å². The molecule has 1 atom stereocenters. The lowest BCUT2D eigenvalue weighted by molar-refractivity contribution is -0.131. The van der Waals surface area contributed by atoms with Crippen molar-refractivity contribution in [2.75, 3.05) is 13.1 Å². The number of aromatic nitrogens is 2. The van der Waals surface area contributed by atoms with Gasteiger partial charge in [-0.3, -0.25) is 9.79 Å². The average Bonchev–Trinajstić information content (AvgIpc) is 3.53. The summed E-state index contributed by atoms with van der Waals surface area (Å²) < 4.78 is 0. The lowest BCUT2D eigenvalue weighted by atomic mass is 9.86. The lowest BCUT2D eigenvalue weighted by Crippen LogP contribution is -2.36. The van der Waals surface area contributed by atoms with E-state index in [-0.39, 0.29) is 5.91 Å². The summed E-state index contributed by atoms with van der Waals surface area (Å²) in [7, 11) is 0. The summed E-state index contributed by atoms with van der Waals surface area (Å²) in [5.41, 5.74) is 10.2. The molecule has 6 heteroatoms. The van der Waals surface area contributed by atoms with Crippen LogP contribution in [0.25, 0.3) is 22.2 Å². The highest BCUT2D eigenvalue weighted by Gasteiger charge is 2.27. The summed E-state index contributed by atoms with van der Waals surface area (Å²) in [6, 6.07) is 7.25. The van der Waals surface area contributed by atoms with Gasteiger partial charge in [-0.05, 0) is 98.7 Å².